The largest absolute Gasteiger partial charge is 0.457 e. The molecule has 8 nitrogen and oxygen atoms in total. The summed E-state index contributed by atoms with van der Waals surface area (Å²) in [5, 5.41) is 11.0. The lowest BCUT2D eigenvalue weighted by Crippen LogP contribution is -2.18. The summed E-state index contributed by atoms with van der Waals surface area (Å²) in [4.78, 5) is 4.30. The van der Waals surface area contributed by atoms with E-state index >= 15 is 0 Å². The fourth-order valence-electron chi connectivity index (χ4n) is 3.43. The van der Waals surface area contributed by atoms with E-state index in [0.29, 0.717) is 21.8 Å². The molecule has 0 radical (unpaired) electrons. The number of aromatic nitrogens is 3. The molecular formula is C26H19BrFN4O4P. The molecule has 0 amide bonds. The number of nitrogens with zero attached hydrogens (tertiary/aromatic N) is 3. The van der Waals surface area contributed by atoms with Gasteiger partial charge in [0.25, 0.3) is 5.89 Å². The predicted molar refractivity (Wildman–Crippen MR) is 140 cm³/mol. The van der Waals surface area contributed by atoms with Gasteiger partial charge in [0, 0.05) is 0 Å². The molecule has 0 saturated heterocycles. The molecule has 1 unspecified atom stereocenters. The number of benzene rings is 3. The molecule has 0 fully saturated rings. The number of hydrogen-bond donors (Lipinski definition) is 1. The second kappa shape index (κ2) is 10.9. The highest BCUT2D eigenvalue weighted by Gasteiger charge is 2.42. The lowest BCUT2D eigenvalue weighted by molar-refractivity contribution is 0.375. The van der Waals surface area contributed by atoms with Crippen LogP contribution in [0.15, 0.2) is 112 Å². The smallest absolute Gasteiger partial charge is 0.414 e. The molecule has 0 saturated carbocycles. The topological polar surface area (TPSA) is 99.4 Å². The number of para-hydroxylation sites is 2. The van der Waals surface area contributed by atoms with Gasteiger partial charge in [-0.1, -0.05) is 59.7 Å². The van der Waals surface area contributed by atoms with Gasteiger partial charge in [0.1, 0.15) is 27.6 Å². The van der Waals surface area contributed by atoms with Crippen molar-refractivity contribution in [3.05, 3.63) is 119 Å². The van der Waals surface area contributed by atoms with Crippen molar-refractivity contribution in [1.82, 2.24) is 15.2 Å². The molecular weight excluding hydrogens is 562 g/mol. The Labute approximate surface area is 220 Å². The van der Waals surface area contributed by atoms with E-state index in [2.05, 4.69) is 36.4 Å². The van der Waals surface area contributed by atoms with Crippen LogP contribution in [0.2, 0.25) is 0 Å². The maximum absolute atomic E-state index is 14.6. The van der Waals surface area contributed by atoms with Crippen molar-refractivity contribution in [3.8, 4) is 23.1 Å². The van der Waals surface area contributed by atoms with Crippen LogP contribution in [-0.2, 0) is 4.57 Å². The lowest BCUT2D eigenvalue weighted by Gasteiger charge is -2.28. The maximum atomic E-state index is 14.6. The number of anilines is 1. The number of halogens is 2. The summed E-state index contributed by atoms with van der Waals surface area (Å²) >= 11 is 3.31. The average Bonchev–Trinajstić information content (AvgIpc) is 3.37. The zero-order valence-corrected chi connectivity index (χ0v) is 21.6. The average molecular weight is 581 g/mol. The minimum atomic E-state index is -4.18. The van der Waals surface area contributed by atoms with Crippen LogP contribution in [0.25, 0.3) is 11.6 Å². The molecule has 2 aromatic heterocycles. The molecule has 0 aliphatic carbocycles. The van der Waals surface area contributed by atoms with E-state index in [1.807, 2.05) is 0 Å². The Morgan fingerprint density at radius 1 is 0.838 bits per heavy atom. The Morgan fingerprint density at radius 2 is 1.49 bits per heavy atom. The van der Waals surface area contributed by atoms with Crippen LogP contribution >= 0.6 is 23.5 Å². The van der Waals surface area contributed by atoms with Crippen LogP contribution in [0.1, 0.15) is 11.3 Å². The highest BCUT2D eigenvalue weighted by Crippen LogP contribution is 2.60. The molecule has 0 spiro atoms. The summed E-state index contributed by atoms with van der Waals surface area (Å²) < 4.78 is 47.2. The third-order valence-electron chi connectivity index (χ3n) is 5.05. The van der Waals surface area contributed by atoms with E-state index in [-0.39, 0.29) is 17.5 Å². The molecule has 5 rings (SSSR count). The molecule has 0 aliphatic heterocycles. The number of nitrogens with one attached hydrogen (secondary N) is 1. The van der Waals surface area contributed by atoms with Crippen molar-refractivity contribution in [3.63, 3.8) is 0 Å². The minimum Gasteiger partial charge on any atom is -0.414 e. The quantitative estimate of drug-likeness (QED) is 0.141. The van der Waals surface area contributed by atoms with Gasteiger partial charge in [-0.05, 0) is 70.0 Å². The molecule has 5 aromatic rings. The van der Waals surface area contributed by atoms with Gasteiger partial charge in [0.2, 0.25) is 0 Å². The summed E-state index contributed by atoms with van der Waals surface area (Å²) in [5.74, 6) is -1.03. The van der Waals surface area contributed by atoms with Crippen molar-refractivity contribution >= 4 is 29.5 Å². The first-order valence-corrected chi connectivity index (χ1v) is 13.5. The molecule has 186 valence electrons. The van der Waals surface area contributed by atoms with Crippen LogP contribution in [0.3, 0.4) is 0 Å². The van der Waals surface area contributed by atoms with Crippen molar-refractivity contribution in [2.75, 3.05) is 5.32 Å². The van der Waals surface area contributed by atoms with Gasteiger partial charge in [-0.2, -0.15) is 0 Å². The van der Waals surface area contributed by atoms with Gasteiger partial charge in [0.15, 0.2) is 5.78 Å². The second-order valence-corrected chi connectivity index (χ2v) is 10.5. The molecule has 2 heterocycles. The van der Waals surface area contributed by atoms with Gasteiger partial charge in [-0.15, -0.1) is 5.10 Å². The molecule has 0 bridgehead atoms. The van der Waals surface area contributed by atoms with Crippen LogP contribution in [0.5, 0.6) is 11.5 Å². The summed E-state index contributed by atoms with van der Waals surface area (Å²) in [5.41, 5.74) is 0.719. The number of pyridine rings is 1. The Kier molecular flexibility index (Phi) is 7.30. The zero-order chi connectivity index (χ0) is 25.7. The van der Waals surface area contributed by atoms with Crippen LogP contribution < -0.4 is 14.4 Å². The predicted octanol–water partition coefficient (Wildman–Crippen LogP) is 7.50. The van der Waals surface area contributed by atoms with E-state index in [1.165, 1.54) is 18.2 Å². The first kappa shape index (κ1) is 24.7. The molecule has 1 N–H and O–H groups in total. The van der Waals surface area contributed by atoms with Crippen molar-refractivity contribution < 1.29 is 22.4 Å². The van der Waals surface area contributed by atoms with Crippen LogP contribution in [0.4, 0.5) is 10.4 Å². The van der Waals surface area contributed by atoms with Crippen molar-refractivity contribution in [1.29, 1.82) is 0 Å². The number of rotatable bonds is 9. The highest BCUT2D eigenvalue weighted by molar-refractivity contribution is 9.10. The van der Waals surface area contributed by atoms with Gasteiger partial charge < -0.3 is 18.8 Å². The van der Waals surface area contributed by atoms with Crippen LogP contribution in [0, 0.1) is 5.82 Å². The van der Waals surface area contributed by atoms with Crippen molar-refractivity contribution in [2.45, 2.75) is 5.78 Å². The Hall–Kier alpha value is -4.01. The Bertz CT molecular complexity index is 1490. The third-order valence-corrected chi connectivity index (χ3v) is 7.48. The monoisotopic (exact) mass is 580 g/mol. The first-order chi connectivity index (χ1) is 18.0. The second-order valence-electron chi connectivity index (χ2n) is 7.71. The zero-order valence-electron chi connectivity index (χ0n) is 19.1. The molecule has 37 heavy (non-hydrogen) atoms. The van der Waals surface area contributed by atoms with E-state index < -0.39 is 19.2 Å². The maximum Gasteiger partial charge on any atom is 0.457 e. The SMILES string of the molecule is O=P(Oc1ccccc1)(Oc1ccccc1)C(Nc1nnc(-c2cccc(Br)n2)o1)c1cccc(F)c1. The third kappa shape index (κ3) is 6.04. The summed E-state index contributed by atoms with van der Waals surface area (Å²) in [6, 6.07) is 27.9. The minimum absolute atomic E-state index is 0.0837. The van der Waals surface area contributed by atoms with Crippen molar-refractivity contribution in [2.24, 2.45) is 0 Å². The van der Waals surface area contributed by atoms with Gasteiger partial charge in [-0.25, -0.2) is 13.9 Å². The number of hydrogen-bond acceptors (Lipinski definition) is 8. The Morgan fingerprint density at radius 3 is 2.11 bits per heavy atom. The first-order valence-electron chi connectivity index (χ1n) is 11.1. The van der Waals surface area contributed by atoms with Crippen LogP contribution in [-0.4, -0.2) is 15.2 Å². The van der Waals surface area contributed by atoms with Gasteiger partial charge in [0.05, 0.1) is 0 Å². The molecule has 1 atom stereocenters. The summed E-state index contributed by atoms with van der Waals surface area (Å²) in [6.07, 6.45) is 0. The summed E-state index contributed by atoms with van der Waals surface area (Å²) in [7, 11) is -4.18. The van der Waals surface area contributed by atoms with E-state index in [1.54, 1.807) is 84.9 Å². The Balaban J connectivity index is 1.56. The van der Waals surface area contributed by atoms with E-state index in [9.17, 15) is 8.96 Å². The molecule has 0 aliphatic rings. The fourth-order valence-corrected chi connectivity index (χ4v) is 5.65. The van der Waals surface area contributed by atoms with E-state index in [0.717, 1.165) is 0 Å². The normalized spacial score (nSPS) is 12.1. The fraction of sp³-hybridized carbons (Fsp3) is 0.0385. The highest BCUT2D eigenvalue weighted by atomic mass is 79.9. The standard InChI is InChI=1S/C26H19BrFN4O4P/c27-23-16-8-15-22(29-23)24-31-32-26(34-24)30-25(18-9-7-10-19(28)17-18)37(33,35-20-11-3-1-4-12-20)36-21-13-5-2-6-14-21/h1-17,25H,(H,30,32). The lowest BCUT2D eigenvalue weighted by atomic mass is 10.2. The summed E-state index contributed by atoms with van der Waals surface area (Å²) in [6.45, 7) is 0. The molecule has 3 aromatic carbocycles. The van der Waals surface area contributed by atoms with E-state index in [4.69, 9.17) is 13.5 Å². The van der Waals surface area contributed by atoms with Gasteiger partial charge >= 0.3 is 13.6 Å². The van der Waals surface area contributed by atoms with Gasteiger partial charge in [-0.3, -0.25) is 0 Å². The molecule has 11 heteroatoms.